The topological polar surface area (TPSA) is 35.5 Å². The lowest BCUT2D eigenvalue weighted by molar-refractivity contribution is 0.0993. The molecule has 0 aromatic heterocycles. The number of hydrogen-bond acceptors (Lipinski definition) is 3. The Morgan fingerprint density at radius 1 is 0.778 bits per heavy atom. The predicted molar refractivity (Wildman–Crippen MR) is 107 cm³/mol. The Balaban J connectivity index is 1.45. The third kappa shape index (κ3) is 5.80. The van der Waals surface area contributed by atoms with Gasteiger partial charge >= 0.3 is 0 Å². The Morgan fingerprint density at radius 3 is 2.11 bits per heavy atom. The molecule has 0 bridgehead atoms. The molecule has 3 aromatic carbocycles. The molecule has 0 N–H and O–H groups in total. The number of ether oxygens (including phenoxy) is 2. The summed E-state index contributed by atoms with van der Waals surface area (Å²) in [7, 11) is 1.62. The van der Waals surface area contributed by atoms with E-state index < -0.39 is 0 Å². The van der Waals surface area contributed by atoms with Gasteiger partial charge in [-0.05, 0) is 47.4 Å². The van der Waals surface area contributed by atoms with Crippen molar-refractivity contribution in [1.82, 2.24) is 0 Å². The van der Waals surface area contributed by atoms with Gasteiger partial charge in [0.1, 0.15) is 5.75 Å². The number of rotatable bonds is 9. The van der Waals surface area contributed by atoms with Gasteiger partial charge in [-0.25, -0.2) is 0 Å². The van der Waals surface area contributed by atoms with Crippen LogP contribution >= 0.6 is 0 Å². The van der Waals surface area contributed by atoms with E-state index in [0.29, 0.717) is 25.2 Å². The Hall–Kier alpha value is -2.91. The molecule has 0 fully saturated rings. The molecular formula is C24H24O3. The van der Waals surface area contributed by atoms with Crippen molar-refractivity contribution in [1.29, 1.82) is 0 Å². The van der Waals surface area contributed by atoms with E-state index in [4.69, 9.17) is 9.47 Å². The first-order valence-electron chi connectivity index (χ1n) is 9.11. The molecule has 0 aliphatic heterocycles. The molecule has 3 nitrogen and oxygen atoms in total. The summed E-state index contributed by atoms with van der Waals surface area (Å²) in [5, 5.41) is 0. The number of carbonyl (C=O) groups excluding carboxylic acids is 1. The Kier molecular flexibility index (Phi) is 6.78. The van der Waals surface area contributed by atoms with E-state index in [-0.39, 0.29) is 5.78 Å². The standard InChI is InChI=1S/C24H24O3/c1-26-23-13-11-22(12-14-23)24(25)17-20-9-7-19(8-10-20)15-16-27-18-21-5-3-2-4-6-21/h2-14H,15-18H2,1H3. The molecule has 0 saturated carbocycles. The van der Waals surface area contributed by atoms with Gasteiger partial charge in [0.05, 0.1) is 20.3 Å². The molecule has 0 radical (unpaired) electrons. The van der Waals surface area contributed by atoms with E-state index in [9.17, 15) is 4.79 Å². The summed E-state index contributed by atoms with van der Waals surface area (Å²) in [6.07, 6.45) is 1.26. The molecule has 0 heterocycles. The lowest BCUT2D eigenvalue weighted by Crippen LogP contribution is -2.04. The van der Waals surface area contributed by atoms with E-state index in [1.807, 2.05) is 42.5 Å². The molecule has 0 aliphatic rings. The highest BCUT2D eigenvalue weighted by atomic mass is 16.5. The van der Waals surface area contributed by atoms with Crippen LogP contribution in [-0.4, -0.2) is 19.5 Å². The molecule has 138 valence electrons. The summed E-state index contributed by atoms with van der Waals surface area (Å²) in [5.41, 5.74) is 4.12. The molecule has 3 heteroatoms. The van der Waals surface area contributed by atoms with Crippen molar-refractivity contribution >= 4 is 5.78 Å². The van der Waals surface area contributed by atoms with Crippen molar-refractivity contribution in [2.45, 2.75) is 19.4 Å². The molecule has 0 amide bonds. The number of ketones is 1. The van der Waals surface area contributed by atoms with Crippen LogP contribution < -0.4 is 4.74 Å². The minimum Gasteiger partial charge on any atom is -0.497 e. The van der Waals surface area contributed by atoms with Gasteiger partial charge in [-0.15, -0.1) is 0 Å². The van der Waals surface area contributed by atoms with Crippen LogP contribution in [0.25, 0.3) is 0 Å². The first kappa shape index (κ1) is 18.9. The second-order valence-electron chi connectivity index (χ2n) is 6.43. The van der Waals surface area contributed by atoms with Crippen LogP contribution in [0.2, 0.25) is 0 Å². The summed E-state index contributed by atoms with van der Waals surface area (Å²) in [6.45, 7) is 1.31. The lowest BCUT2D eigenvalue weighted by atomic mass is 10.0. The van der Waals surface area contributed by atoms with E-state index in [2.05, 4.69) is 24.3 Å². The van der Waals surface area contributed by atoms with Crippen molar-refractivity contribution in [3.05, 3.63) is 101 Å². The summed E-state index contributed by atoms with van der Waals surface area (Å²) in [5.74, 6) is 0.863. The maximum Gasteiger partial charge on any atom is 0.167 e. The second-order valence-corrected chi connectivity index (χ2v) is 6.43. The summed E-state index contributed by atoms with van der Waals surface area (Å²) >= 11 is 0. The summed E-state index contributed by atoms with van der Waals surface area (Å²) < 4.78 is 10.9. The van der Waals surface area contributed by atoms with Gasteiger partial charge < -0.3 is 9.47 Å². The van der Waals surface area contributed by atoms with Crippen molar-refractivity contribution < 1.29 is 14.3 Å². The van der Waals surface area contributed by atoms with Gasteiger partial charge in [0, 0.05) is 12.0 Å². The fourth-order valence-electron chi connectivity index (χ4n) is 2.84. The number of Topliss-reactive ketones (excluding diaryl/α,β-unsaturated/α-hetero) is 1. The molecule has 0 atom stereocenters. The summed E-state index contributed by atoms with van der Waals surface area (Å²) in [4.78, 5) is 12.4. The van der Waals surface area contributed by atoms with Crippen LogP contribution in [0.4, 0.5) is 0 Å². The average molecular weight is 360 g/mol. The van der Waals surface area contributed by atoms with Gasteiger partial charge in [-0.2, -0.15) is 0 Å². The quantitative estimate of drug-likeness (QED) is 0.403. The minimum atomic E-state index is 0.108. The maximum atomic E-state index is 12.4. The number of methoxy groups -OCH3 is 1. The Labute approximate surface area is 160 Å². The largest absolute Gasteiger partial charge is 0.497 e. The van der Waals surface area contributed by atoms with E-state index in [0.717, 1.165) is 17.7 Å². The van der Waals surface area contributed by atoms with Crippen LogP contribution in [-0.2, 0) is 24.2 Å². The molecule has 3 rings (SSSR count). The maximum absolute atomic E-state index is 12.4. The molecule has 0 unspecified atom stereocenters. The predicted octanol–water partition coefficient (Wildman–Crippen LogP) is 4.88. The third-order valence-electron chi connectivity index (χ3n) is 4.45. The number of carbonyl (C=O) groups is 1. The highest BCUT2D eigenvalue weighted by Gasteiger charge is 2.07. The van der Waals surface area contributed by atoms with Crippen molar-refractivity contribution in [3.63, 3.8) is 0 Å². The fourth-order valence-corrected chi connectivity index (χ4v) is 2.84. The first-order chi connectivity index (χ1) is 13.2. The second kappa shape index (κ2) is 9.70. The highest BCUT2D eigenvalue weighted by Crippen LogP contribution is 2.14. The van der Waals surface area contributed by atoms with E-state index in [1.54, 1.807) is 19.2 Å². The molecule has 3 aromatic rings. The number of hydrogen-bond donors (Lipinski definition) is 0. The number of benzene rings is 3. The molecule has 0 spiro atoms. The van der Waals surface area contributed by atoms with Crippen LogP contribution in [0.3, 0.4) is 0 Å². The van der Waals surface area contributed by atoms with Crippen molar-refractivity contribution in [2.75, 3.05) is 13.7 Å². The van der Waals surface area contributed by atoms with Crippen LogP contribution in [0, 0.1) is 0 Å². The Bertz CT molecular complexity index is 837. The van der Waals surface area contributed by atoms with E-state index in [1.165, 1.54) is 11.1 Å². The third-order valence-corrected chi connectivity index (χ3v) is 4.45. The first-order valence-corrected chi connectivity index (χ1v) is 9.11. The zero-order chi connectivity index (χ0) is 18.9. The molecule has 0 saturated heterocycles. The molecular weight excluding hydrogens is 336 g/mol. The zero-order valence-corrected chi connectivity index (χ0v) is 15.6. The normalized spacial score (nSPS) is 10.6. The summed E-state index contributed by atoms with van der Waals surface area (Å²) in [6, 6.07) is 25.6. The molecule has 0 aliphatic carbocycles. The van der Waals surface area contributed by atoms with Crippen molar-refractivity contribution in [3.8, 4) is 5.75 Å². The lowest BCUT2D eigenvalue weighted by Gasteiger charge is -2.06. The van der Waals surface area contributed by atoms with Crippen LogP contribution in [0.5, 0.6) is 5.75 Å². The fraction of sp³-hybridized carbons (Fsp3) is 0.208. The minimum absolute atomic E-state index is 0.108. The van der Waals surface area contributed by atoms with Crippen molar-refractivity contribution in [2.24, 2.45) is 0 Å². The molecule has 27 heavy (non-hydrogen) atoms. The van der Waals surface area contributed by atoms with Gasteiger partial charge in [0.2, 0.25) is 0 Å². The van der Waals surface area contributed by atoms with Gasteiger partial charge in [-0.1, -0.05) is 54.6 Å². The van der Waals surface area contributed by atoms with Crippen LogP contribution in [0.1, 0.15) is 27.0 Å². The van der Waals surface area contributed by atoms with Gasteiger partial charge in [0.15, 0.2) is 5.78 Å². The van der Waals surface area contributed by atoms with Crippen LogP contribution in [0.15, 0.2) is 78.9 Å². The smallest absolute Gasteiger partial charge is 0.167 e. The van der Waals surface area contributed by atoms with Gasteiger partial charge in [0.25, 0.3) is 0 Å². The average Bonchev–Trinajstić information content (AvgIpc) is 2.73. The zero-order valence-electron chi connectivity index (χ0n) is 15.6. The van der Waals surface area contributed by atoms with Gasteiger partial charge in [-0.3, -0.25) is 4.79 Å². The Morgan fingerprint density at radius 2 is 1.44 bits per heavy atom. The SMILES string of the molecule is COc1ccc(C(=O)Cc2ccc(CCOCc3ccccc3)cc2)cc1. The monoisotopic (exact) mass is 360 g/mol. The van der Waals surface area contributed by atoms with E-state index >= 15 is 0 Å². The highest BCUT2D eigenvalue weighted by molar-refractivity contribution is 5.97.